The van der Waals surface area contributed by atoms with Gasteiger partial charge in [-0.25, -0.2) is 4.98 Å². The van der Waals surface area contributed by atoms with Crippen LogP contribution < -0.4 is 5.43 Å². The fraction of sp³-hybridized carbons (Fsp3) is 0.182. The first-order valence-corrected chi connectivity index (χ1v) is 4.59. The van der Waals surface area contributed by atoms with E-state index in [9.17, 15) is 9.59 Å². The molecule has 0 aliphatic heterocycles. The smallest absolute Gasteiger partial charge is 0.201 e. The monoisotopic (exact) mass is 202 g/mol. The number of nitrogens with one attached hydrogen (secondary N) is 1. The molecule has 0 atom stereocenters. The highest BCUT2D eigenvalue weighted by Gasteiger charge is 2.08. The Kier molecular flexibility index (Phi) is 2.11. The average molecular weight is 202 g/mol. The van der Waals surface area contributed by atoms with Gasteiger partial charge in [0.25, 0.3) is 0 Å². The van der Waals surface area contributed by atoms with Gasteiger partial charge in [-0.1, -0.05) is 0 Å². The number of aryl methyl sites for hydroxylation is 1. The fourth-order valence-electron chi connectivity index (χ4n) is 1.46. The van der Waals surface area contributed by atoms with Crippen LogP contribution in [0.5, 0.6) is 0 Å². The summed E-state index contributed by atoms with van der Waals surface area (Å²) in [5, 5.41) is 0.452. The lowest BCUT2D eigenvalue weighted by atomic mass is 10.1. The summed E-state index contributed by atoms with van der Waals surface area (Å²) in [6.07, 6.45) is 1.42. The number of nitrogens with zero attached hydrogens (tertiary/aromatic N) is 1. The van der Waals surface area contributed by atoms with Gasteiger partial charge in [-0.05, 0) is 26.0 Å². The molecule has 0 aliphatic rings. The Bertz CT molecular complexity index is 599. The Morgan fingerprint density at radius 3 is 2.80 bits per heavy atom. The topological polar surface area (TPSA) is 62.8 Å². The number of rotatable bonds is 1. The molecule has 0 saturated carbocycles. The van der Waals surface area contributed by atoms with E-state index >= 15 is 0 Å². The highest BCUT2D eigenvalue weighted by molar-refractivity contribution is 5.96. The predicted octanol–water partition coefficient (Wildman–Crippen LogP) is 1.43. The van der Waals surface area contributed by atoms with E-state index in [1.54, 1.807) is 12.1 Å². The Balaban J connectivity index is 2.86. The fourth-order valence-corrected chi connectivity index (χ4v) is 1.46. The van der Waals surface area contributed by atoms with E-state index in [-0.39, 0.29) is 16.8 Å². The zero-order valence-corrected chi connectivity index (χ0v) is 8.50. The summed E-state index contributed by atoms with van der Waals surface area (Å²) in [5.74, 6) is -0.237. The minimum atomic E-state index is -0.260. The van der Waals surface area contributed by atoms with Crippen LogP contribution in [0.1, 0.15) is 23.0 Å². The first-order valence-electron chi connectivity index (χ1n) is 4.59. The molecular formula is C11H10N2O2. The van der Waals surface area contributed by atoms with Crippen molar-refractivity contribution < 1.29 is 4.79 Å². The van der Waals surface area contributed by atoms with Gasteiger partial charge in [0.05, 0.1) is 10.9 Å². The number of pyridine rings is 2. The maximum Gasteiger partial charge on any atom is 0.201 e. The van der Waals surface area contributed by atoms with Crippen LogP contribution in [0, 0.1) is 6.92 Å². The number of aromatic nitrogens is 2. The standard InChI is InChI=1S/C11H10N2O2/c1-6-3-4-8-10(15)9(7(2)14)5-12-11(8)13-6/h3-5H,1-2H3,(H,12,13,15). The van der Waals surface area contributed by atoms with E-state index in [1.165, 1.54) is 13.1 Å². The number of ketones is 1. The first-order chi connectivity index (χ1) is 7.09. The van der Waals surface area contributed by atoms with Gasteiger partial charge in [-0.15, -0.1) is 0 Å². The van der Waals surface area contributed by atoms with Crippen molar-refractivity contribution in [2.45, 2.75) is 13.8 Å². The van der Waals surface area contributed by atoms with Crippen molar-refractivity contribution in [1.29, 1.82) is 0 Å². The molecule has 1 N–H and O–H groups in total. The van der Waals surface area contributed by atoms with Crippen molar-refractivity contribution in [2.24, 2.45) is 0 Å². The molecule has 0 fully saturated rings. The van der Waals surface area contributed by atoms with Crippen molar-refractivity contribution in [2.75, 3.05) is 0 Å². The molecule has 4 nitrogen and oxygen atoms in total. The summed E-state index contributed by atoms with van der Waals surface area (Å²) < 4.78 is 0. The molecule has 2 rings (SSSR count). The highest BCUT2D eigenvalue weighted by atomic mass is 16.1. The molecule has 4 heteroatoms. The maximum atomic E-state index is 11.8. The number of carbonyl (C=O) groups excluding carboxylic acids is 1. The molecule has 2 aromatic heterocycles. The molecule has 0 aromatic carbocycles. The number of aromatic amines is 1. The molecule has 0 aliphatic carbocycles. The third-order valence-electron chi connectivity index (χ3n) is 2.26. The minimum Gasteiger partial charge on any atom is -0.345 e. The number of hydrogen-bond donors (Lipinski definition) is 1. The normalized spacial score (nSPS) is 10.5. The van der Waals surface area contributed by atoms with Gasteiger partial charge in [0.15, 0.2) is 5.78 Å². The minimum absolute atomic E-state index is 0.174. The lowest BCUT2D eigenvalue weighted by Crippen LogP contribution is -2.14. The number of fused-ring (bicyclic) bond motifs is 1. The van der Waals surface area contributed by atoms with E-state index in [2.05, 4.69) is 9.97 Å². The molecule has 0 bridgehead atoms. The molecule has 0 spiro atoms. The lowest BCUT2D eigenvalue weighted by molar-refractivity contribution is 0.101. The maximum absolute atomic E-state index is 11.8. The predicted molar refractivity (Wildman–Crippen MR) is 57.1 cm³/mol. The van der Waals surface area contributed by atoms with Crippen LogP contribution in [0.25, 0.3) is 11.0 Å². The Hall–Kier alpha value is -1.97. The number of hydrogen-bond acceptors (Lipinski definition) is 3. The van der Waals surface area contributed by atoms with E-state index in [1.807, 2.05) is 6.92 Å². The Morgan fingerprint density at radius 1 is 1.40 bits per heavy atom. The van der Waals surface area contributed by atoms with Crippen molar-refractivity contribution in [1.82, 2.24) is 9.97 Å². The molecule has 2 aromatic rings. The lowest BCUT2D eigenvalue weighted by Gasteiger charge is -2.00. The number of H-pyrrole nitrogens is 1. The summed E-state index contributed by atoms with van der Waals surface area (Å²) in [5.41, 5.74) is 1.26. The second-order valence-corrected chi connectivity index (χ2v) is 3.44. The van der Waals surface area contributed by atoms with Crippen LogP contribution >= 0.6 is 0 Å². The van der Waals surface area contributed by atoms with E-state index in [4.69, 9.17) is 0 Å². The van der Waals surface area contributed by atoms with Gasteiger partial charge in [-0.3, -0.25) is 9.59 Å². The molecule has 0 saturated heterocycles. The van der Waals surface area contributed by atoms with Gasteiger partial charge in [0.1, 0.15) is 5.65 Å². The van der Waals surface area contributed by atoms with Crippen LogP contribution in [0.2, 0.25) is 0 Å². The van der Waals surface area contributed by atoms with Gasteiger partial charge >= 0.3 is 0 Å². The van der Waals surface area contributed by atoms with E-state index in [0.717, 1.165) is 5.69 Å². The zero-order valence-electron chi connectivity index (χ0n) is 8.50. The summed E-state index contributed by atoms with van der Waals surface area (Å²) in [6, 6.07) is 3.43. The molecular weight excluding hydrogens is 192 g/mol. The first kappa shape index (κ1) is 9.58. The van der Waals surface area contributed by atoms with Crippen molar-refractivity contribution in [3.8, 4) is 0 Å². The van der Waals surface area contributed by atoms with E-state index < -0.39 is 0 Å². The second-order valence-electron chi connectivity index (χ2n) is 3.44. The second kappa shape index (κ2) is 3.31. The van der Waals surface area contributed by atoms with Crippen LogP contribution in [0.4, 0.5) is 0 Å². The Morgan fingerprint density at radius 2 is 2.13 bits per heavy atom. The number of carbonyl (C=O) groups is 1. The average Bonchev–Trinajstić information content (AvgIpc) is 2.17. The summed E-state index contributed by atoms with van der Waals surface area (Å²) in [6.45, 7) is 3.22. The van der Waals surface area contributed by atoms with Gasteiger partial charge < -0.3 is 4.98 Å². The molecule has 15 heavy (non-hydrogen) atoms. The molecule has 0 radical (unpaired) electrons. The summed E-state index contributed by atoms with van der Waals surface area (Å²) in [4.78, 5) is 30.0. The SMILES string of the molecule is CC(=O)c1c[nH]c2nc(C)ccc2c1=O. The largest absolute Gasteiger partial charge is 0.345 e. The van der Waals surface area contributed by atoms with Crippen LogP contribution in [-0.2, 0) is 0 Å². The molecule has 76 valence electrons. The summed E-state index contributed by atoms with van der Waals surface area (Å²) >= 11 is 0. The highest BCUT2D eigenvalue weighted by Crippen LogP contribution is 2.06. The molecule has 0 amide bonds. The van der Waals surface area contributed by atoms with Gasteiger partial charge in [0, 0.05) is 11.9 Å². The quantitative estimate of drug-likeness (QED) is 0.711. The Labute approximate surface area is 86.0 Å². The summed E-state index contributed by atoms with van der Waals surface area (Å²) in [7, 11) is 0. The van der Waals surface area contributed by atoms with Crippen molar-refractivity contribution in [3.63, 3.8) is 0 Å². The van der Waals surface area contributed by atoms with Crippen molar-refractivity contribution in [3.05, 3.63) is 39.8 Å². The molecule has 0 unspecified atom stereocenters. The zero-order chi connectivity index (χ0) is 11.0. The van der Waals surface area contributed by atoms with Crippen molar-refractivity contribution >= 4 is 16.8 Å². The third kappa shape index (κ3) is 1.54. The van der Waals surface area contributed by atoms with Crippen LogP contribution in [-0.4, -0.2) is 15.8 Å². The van der Waals surface area contributed by atoms with Gasteiger partial charge in [-0.2, -0.15) is 0 Å². The number of Topliss-reactive ketones (excluding diaryl/α,β-unsaturated/α-hetero) is 1. The van der Waals surface area contributed by atoms with E-state index in [0.29, 0.717) is 11.0 Å². The van der Waals surface area contributed by atoms with Crippen LogP contribution in [0.3, 0.4) is 0 Å². The molecule has 2 heterocycles. The van der Waals surface area contributed by atoms with Crippen LogP contribution in [0.15, 0.2) is 23.1 Å². The third-order valence-corrected chi connectivity index (χ3v) is 2.26. The van der Waals surface area contributed by atoms with Gasteiger partial charge in [0.2, 0.25) is 5.43 Å².